The maximum absolute atomic E-state index is 5.72. The van der Waals surface area contributed by atoms with Gasteiger partial charge in [0, 0.05) is 13.1 Å². The predicted octanol–water partition coefficient (Wildman–Crippen LogP) is 1.81. The number of halogens is 3. The molecule has 0 aliphatic carbocycles. The van der Waals surface area contributed by atoms with E-state index in [-0.39, 0.29) is 15.5 Å². The average molecular weight is 242 g/mol. The highest BCUT2D eigenvalue weighted by Crippen LogP contribution is 2.24. The van der Waals surface area contributed by atoms with Gasteiger partial charge in [0.25, 0.3) is 0 Å². The quantitative estimate of drug-likeness (QED) is 0.847. The minimum absolute atomic E-state index is 0.0879. The van der Waals surface area contributed by atoms with Crippen molar-refractivity contribution >= 4 is 40.6 Å². The van der Waals surface area contributed by atoms with E-state index >= 15 is 0 Å². The molecule has 0 amide bonds. The van der Waals surface area contributed by atoms with Crippen molar-refractivity contribution in [1.82, 2.24) is 9.97 Å². The third-order valence-corrected chi connectivity index (χ3v) is 2.10. The van der Waals surface area contributed by atoms with Gasteiger partial charge in [0.15, 0.2) is 21.3 Å². The normalized spacial score (nSPS) is 10.2. The molecule has 7 heteroatoms. The van der Waals surface area contributed by atoms with Crippen molar-refractivity contribution in [3.8, 4) is 0 Å². The lowest BCUT2D eigenvalue weighted by Crippen LogP contribution is -2.14. The van der Waals surface area contributed by atoms with E-state index in [4.69, 9.17) is 40.5 Å². The van der Waals surface area contributed by atoms with Crippen molar-refractivity contribution in [1.29, 1.82) is 0 Å². The van der Waals surface area contributed by atoms with Gasteiger partial charge in [-0.1, -0.05) is 34.8 Å². The number of aromatic nitrogens is 2. The lowest BCUT2D eigenvalue weighted by atomic mass is 10.6. The van der Waals surface area contributed by atoms with Crippen LogP contribution in [0.3, 0.4) is 0 Å². The predicted molar refractivity (Wildman–Crippen MR) is 54.6 cm³/mol. The average Bonchev–Trinajstić information content (AvgIpc) is 2.09. The molecule has 13 heavy (non-hydrogen) atoms. The zero-order chi connectivity index (χ0) is 9.84. The van der Waals surface area contributed by atoms with Crippen LogP contribution < -0.4 is 11.1 Å². The lowest BCUT2D eigenvalue weighted by Gasteiger charge is -2.05. The Labute approximate surface area is 90.4 Å². The van der Waals surface area contributed by atoms with E-state index < -0.39 is 0 Å². The summed E-state index contributed by atoms with van der Waals surface area (Å²) < 4.78 is 0. The fraction of sp³-hybridized carbons (Fsp3) is 0.333. The first-order valence-electron chi connectivity index (χ1n) is 3.47. The Hall–Kier alpha value is -0.290. The van der Waals surface area contributed by atoms with Gasteiger partial charge in [0.1, 0.15) is 0 Å². The highest BCUT2D eigenvalue weighted by molar-refractivity contribution is 6.41. The van der Waals surface area contributed by atoms with Crippen molar-refractivity contribution in [3.63, 3.8) is 0 Å². The van der Waals surface area contributed by atoms with Gasteiger partial charge in [-0.25, -0.2) is 9.97 Å². The van der Waals surface area contributed by atoms with Crippen LogP contribution in [0.5, 0.6) is 0 Å². The molecule has 0 radical (unpaired) electrons. The van der Waals surface area contributed by atoms with Crippen molar-refractivity contribution in [2.24, 2.45) is 5.73 Å². The molecule has 4 nitrogen and oxygen atoms in total. The number of hydrogen-bond donors (Lipinski definition) is 2. The summed E-state index contributed by atoms with van der Waals surface area (Å²) in [5.74, 6) is 0.390. The topological polar surface area (TPSA) is 63.8 Å². The van der Waals surface area contributed by atoms with Crippen LogP contribution in [0.1, 0.15) is 0 Å². The summed E-state index contributed by atoms with van der Waals surface area (Å²) in [7, 11) is 0. The van der Waals surface area contributed by atoms with Gasteiger partial charge < -0.3 is 11.1 Å². The molecular formula is C6H7Cl3N4. The highest BCUT2D eigenvalue weighted by atomic mass is 35.5. The third kappa shape index (κ3) is 2.84. The molecule has 0 fully saturated rings. The fourth-order valence-corrected chi connectivity index (χ4v) is 1.17. The number of nitrogens with two attached hydrogens (primary N) is 1. The fourth-order valence-electron chi connectivity index (χ4n) is 0.679. The van der Waals surface area contributed by atoms with Crippen molar-refractivity contribution in [2.45, 2.75) is 0 Å². The van der Waals surface area contributed by atoms with Gasteiger partial charge in [0.2, 0.25) is 0 Å². The lowest BCUT2D eigenvalue weighted by molar-refractivity contribution is 1.00. The van der Waals surface area contributed by atoms with Gasteiger partial charge >= 0.3 is 0 Å². The minimum Gasteiger partial charge on any atom is -0.366 e. The first kappa shape index (κ1) is 10.8. The molecule has 3 N–H and O–H groups in total. The number of nitrogens with one attached hydrogen (secondary N) is 1. The molecule has 0 aliphatic heterocycles. The Kier molecular flexibility index (Phi) is 3.99. The van der Waals surface area contributed by atoms with E-state index in [1.807, 2.05) is 0 Å². The van der Waals surface area contributed by atoms with E-state index in [0.717, 1.165) is 0 Å². The molecule has 0 bridgehead atoms. The van der Waals surface area contributed by atoms with Crippen LogP contribution in [-0.4, -0.2) is 23.1 Å². The van der Waals surface area contributed by atoms with Gasteiger partial charge in [-0.05, 0) is 0 Å². The van der Waals surface area contributed by atoms with Gasteiger partial charge in [-0.2, -0.15) is 0 Å². The van der Waals surface area contributed by atoms with Crippen LogP contribution in [0.4, 0.5) is 5.82 Å². The smallest absolute Gasteiger partial charge is 0.173 e. The Morgan fingerprint density at radius 3 is 2.31 bits per heavy atom. The molecule has 0 atom stereocenters. The van der Waals surface area contributed by atoms with E-state index in [9.17, 15) is 0 Å². The van der Waals surface area contributed by atoms with Crippen molar-refractivity contribution in [3.05, 3.63) is 15.5 Å². The van der Waals surface area contributed by atoms with Crippen LogP contribution in [0.25, 0.3) is 0 Å². The zero-order valence-corrected chi connectivity index (χ0v) is 8.79. The molecule has 0 spiro atoms. The van der Waals surface area contributed by atoms with E-state index in [0.29, 0.717) is 18.9 Å². The first-order valence-corrected chi connectivity index (χ1v) is 4.61. The van der Waals surface area contributed by atoms with Crippen molar-refractivity contribution in [2.75, 3.05) is 18.4 Å². The third-order valence-electron chi connectivity index (χ3n) is 1.21. The molecule has 0 unspecified atom stereocenters. The summed E-state index contributed by atoms with van der Waals surface area (Å²) in [5.41, 5.74) is 5.28. The number of nitrogens with zero attached hydrogens (tertiary/aromatic N) is 2. The maximum atomic E-state index is 5.72. The summed E-state index contributed by atoms with van der Waals surface area (Å²) in [6.07, 6.45) is 0. The largest absolute Gasteiger partial charge is 0.366 e. The summed E-state index contributed by atoms with van der Waals surface area (Å²) in [4.78, 5) is 7.64. The second-order valence-electron chi connectivity index (χ2n) is 2.16. The summed E-state index contributed by atoms with van der Waals surface area (Å²) in [6.45, 7) is 1.02. The zero-order valence-electron chi connectivity index (χ0n) is 6.52. The molecule has 1 rings (SSSR count). The van der Waals surface area contributed by atoms with Gasteiger partial charge in [-0.3, -0.25) is 0 Å². The summed E-state index contributed by atoms with van der Waals surface area (Å²) in [6, 6.07) is 0. The van der Waals surface area contributed by atoms with E-state index in [1.165, 1.54) is 0 Å². The monoisotopic (exact) mass is 240 g/mol. The Morgan fingerprint density at radius 2 is 1.69 bits per heavy atom. The first-order chi connectivity index (χ1) is 6.15. The number of rotatable bonds is 3. The van der Waals surface area contributed by atoms with Gasteiger partial charge in [-0.15, -0.1) is 0 Å². The summed E-state index contributed by atoms with van der Waals surface area (Å²) in [5, 5.41) is 3.24. The second kappa shape index (κ2) is 4.81. The van der Waals surface area contributed by atoms with Crippen LogP contribution in [0, 0.1) is 0 Å². The Bertz CT molecular complexity index is 304. The van der Waals surface area contributed by atoms with Gasteiger partial charge in [0.05, 0.1) is 0 Å². The van der Waals surface area contributed by atoms with E-state index in [1.54, 1.807) is 0 Å². The van der Waals surface area contributed by atoms with Crippen LogP contribution in [0.2, 0.25) is 15.5 Å². The van der Waals surface area contributed by atoms with Crippen LogP contribution in [-0.2, 0) is 0 Å². The Balaban J connectivity index is 2.88. The number of hydrogen-bond acceptors (Lipinski definition) is 4. The molecular weight excluding hydrogens is 234 g/mol. The van der Waals surface area contributed by atoms with E-state index in [2.05, 4.69) is 15.3 Å². The maximum Gasteiger partial charge on any atom is 0.173 e. The van der Waals surface area contributed by atoms with Crippen molar-refractivity contribution < 1.29 is 0 Å². The Morgan fingerprint density at radius 1 is 1.08 bits per heavy atom. The molecule has 1 aromatic heterocycles. The molecule has 0 aromatic carbocycles. The van der Waals surface area contributed by atoms with Crippen LogP contribution in [0.15, 0.2) is 0 Å². The standard InChI is InChI=1S/C6H7Cl3N4/c7-3-4(8)13-6(5(9)12-3)11-2-1-10/h1-2,10H2,(H,11,13). The van der Waals surface area contributed by atoms with Crippen LogP contribution >= 0.6 is 34.8 Å². The molecule has 0 saturated heterocycles. The number of anilines is 1. The molecule has 0 aliphatic rings. The SMILES string of the molecule is NCCNc1nc(Cl)c(Cl)nc1Cl. The second-order valence-corrected chi connectivity index (χ2v) is 3.23. The molecule has 1 aromatic rings. The highest BCUT2D eigenvalue weighted by Gasteiger charge is 2.08. The molecule has 0 saturated carbocycles. The molecule has 72 valence electrons. The molecule has 1 heterocycles. The minimum atomic E-state index is 0.0879. The summed E-state index contributed by atoms with van der Waals surface area (Å²) >= 11 is 16.9.